The lowest BCUT2D eigenvalue weighted by molar-refractivity contribution is 0.977. The smallest absolute Gasteiger partial charge is 0.136 e. The summed E-state index contributed by atoms with van der Waals surface area (Å²) in [5.41, 5.74) is 4.48. The minimum atomic E-state index is 0.775. The van der Waals surface area contributed by atoms with E-state index in [0.29, 0.717) is 0 Å². The standard InChI is InChI=1S/C17H17ClN2/c1-3-13-10-9-12(2)19-17(13)20-11-5-7-14-6-4-8-15(18)16(14)20/h4-10H,3,11H2,1-2H3. The Balaban J connectivity index is 2.18. The zero-order chi connectivity index (χ0) is 14.1. The van der Waals surface area contributed by atoms with E-state index < -0.39 is 0 Å². The second-order valence-corrected chi connectivity index (χ2v) is 5.39. The highest BCUT2D eigenvalue weighted by Gasteiger charge is 2.20. The molecule has 102 valence electrons. The van der Waals surface area contributed by atoms with E-state index in [1.54, 1.807) is 0 Å². The number of fused-ring (bicyclic) bond motifs is 1. The van der Waals surface area contributed by atoms with Crippen LogP contribution in [0.1, 0.15) is 23.7 Å². The van der Waals surface area contributed by atoms with E-state index in [4.69, 9.17) is 16.6 Å². The van der Waals surface area contributed by atoms with E-state index in [2.05, 4.69) is 42.2 Å². The molecule has 3 rings (SSSR count). The maximum Gasteiger partial charge on any atom is 0.136 e. The van der Waals surface area contributed by atoms with Gasteiger partial charge in [0, 0.05) is 12.2 Å². The summed E-state index contributed by atoms with van der Waals surface area (Å²) in [5.74, 6) is 1.02. The predicted octanol–water partition coefficient (Wildman–Crippen LogP) is 4.77. The summed E-state index contributed by atoms with van der Waals surface area (Å²) in [6, 6.07) is 10.2. The van der Waals surface area contributed by atoms with Crippen molar-refractivity contribution >= 4 is 29.2 Å². The van der Waals surface area contributed by atoms with E-state index >= 15 is 0 Å². The van der Waals surface area contributed by atoms with Crippen molar-refractivity contribution in [1.82, 2.24) is 4.98 Å². The largest absolute Gasteiger partial charge is 0.320 e. The number of aromatic nitrogens is 1. The summed E-state index contributed by atoms with van der Waals surface area (Å²) >= 11 is 6.42. The van der Waals surface area contributed by atoms with Crippen molar-refractivity contribution in [2.75, 3.05) is 11.4 Å². The Morgan fingerprint density at radius 2 is 2.10 bits per heavy atom. The molecule has 0 saturated carbocycles. The van der Waals surface area contributed by atoms with Crippen LogP contribution in [0.15, 0.2) is 36.4 Å². The minimum absolute atomic E-state index is 0.775. The molecule has 3 heteroatoms. The molecule has 2 nitrogen and oxygen atoms in total. The van der Waals surface area contributed by atoms with E-state index in [1.165, 1.54) is 5.56 Å². The first-order valence-electron chi connectivity index (χ1n) is 6.90. The first kappa shape index (κ1) is 13.2. The van der Waals surface area contributed by atoms with Gasteiger partial charge in [0.25, 0.3) is 0 Å². The van der Waals surface area contributed by atoms with Crippen molar-refractivity contribution in [1.29, 1.82) is 0 Å². The lowest BCUT2D eigenvalue weighted by Gasteiger charge is -2.30. The van der Waals surface area contributed by atoms with Crippen molar-refractivity contribution in [3.63, 3.8) is 0 Å². The van der Waals surface area contributed by atoms with Gasteiger partial charge in [0.1, 0.15) is 5.82 Å². The molecule has 0 atom stereocenters. The van der Waals surface area contributed by atoms with Crippen LogP contribution in [0, 0.1) is 6.92 Å². The molecule has 0 spiro atoms. The van der Waals surface area contributed by atoms with Crippen LogP contribution in [0.3, 0.4) is 0 Å². The quantitative estimate of drug-likeness (QED) is 0.789. The van der Waals surface area contributed by atoms with Crippen molar-refractivity contribution in [2.24, 2.45) is 0 Å². The first-order valence-corrected chi connectivity index (χ1v) is 7.27. The maximum atomic E-state index is 6.42. The predicted molar refractivity (Wildman–Crippen MR) is 85.8 cm³/mol. The number of nitrogens with zero attached hydrogens (tertiary/aromatic N) is 2. The third kappa shape index (κ3) is 2.20. The van der Waals surface area contributed by atoms with E-state index in [9.17, 15) is 0 Å². The highest BCUT2D eigenvalue weighted by atomic mass is 35.5. The van der Waals surface area contributed by atoms with E-state index in [-0.39, 0.29) is 0 Å². The highest BCUT2D eigenvalue weighted by Crippen LogP contribution is 2.38. The van der Waals surface area contributed by atoms with Crippen LogP contribution in [0.25, 0.3) is 6.08 Å². The van der Waals surface area contributed by atoms with Crippen LogP contribution < -0.4 is 4.90 Å². The molecule has 20 heavy (non-hydrogen) atoms. The molecule has 0 N–H and O–H groups in total. The Kier molecular flexibility index (Phi) is 3.49. The summed E-state index contributed by atoms with van der Waals surface area (Å²) in [6.07, 6.45) is 5.24. The van der Waals surface area contributed by atoms with Crippen LogP contribution in [0.2, 0.25) is 5.02 Å². The first-order chi connectivity index (χ1) is 9.70. The summed E-state index contributed by atoms with van der Waals surface area (Å²) < 4.78 is 0. The number of hydrogen-bond acceptors (Lipinski definition) is 2. The lowest BCUT2D eigenvalue weighted by Crippen LogP contribution is -2.23. The lowest BCUT2D eigenvalue weighted by atomic mass is 10.1. The summed E-state index contributed by atoms with van der Waals surface area (Å²) in [4.78, 5) is 6.95. The Morgan fingerprint density at radius 1 is 1.25 bits per heavy atom. The molecule has 2 heterocycles. The molecule has 0 fully saturated rings. The van der Waals surface area contributed by atoms with Gasteiger partial charge in [-0.2, -0.15) is 0 Å². The topological polar surface area (TPSA) is 16.1 Å². The van der Waals surface area contributed by atoms with Gasteiger partial charge < -0.3 is 4.90 Å². The monoisotopic (exact) mass is 284 g/mol. The van der Waals surface area contributed by atoms with Gasteiger partial charge in [0.2, 0.25) is 0 Å². The van der Waals surface area contributed by atoms with Crippen LogP contribution in [-0.2, 0) is 6.42 Å². The number of rotatable bonds is 2. The second kappa shape index (κ2) is 5.29. The van der Waals surface area contributed by atoms with E-state index in [1.807, 2.05) is 19.1 Å². The third-order valence-corrected chi connectivity index (χ3v) is 3.91. The SMILES string of the molecule is CCc1ccc(C)nc1N1CC=Cc2cccc(Cl)c21. The van der Waals surface area contributed by atoms with E-state index in [0.717, 1.165) is 40.8 Å². The van der Waals surface area contributed by atoms with Crippen molar-refractivity contribution in [3.05, 3.63) is 58.3 Å². The van der Waals surface area contributed by atoms with Crippen LogP contribution in [0.4, 0.5) is 11.5 Å². The van der Waals surface area contributed by atoms with Crippen molar-refractivity contribution in [3.8, 4) is 0 Å². The van der Waals surface area contributed by atoms with Gasteiger partial charge in [0.15, 0.2) is 0 Å². The maximum absolute atomic E-state index is 6.42. The van der Waals surface area contributed by atoms with Gasteiger partial charge in [0.05, 0.1) is 10.7 Å². The summed E-state index contributed by atoms with van der Waals surface area (Å²) in [5, 5.41) is 0.775. The third-order valence-electron chi connectivity index (χ3n) is 3.61. The average molecular weight is 285 g/mol. The number of anilines is 2. The Labute approximate surface area is 124 Å². The average Bonchev–Trinajstić information content (AvgIpc) is 2.47. The fourth-order valence-corrected chi connectivity index (χ4v) is 2.89. The molecule has 1 aliphatic rings. The summed E-state index contributed by atoms with van der Waals surface area (Å²) in [6.45, 7) is 4.99. The molecule has 1 aromatic heterocycles. The number of pyridine rings is 1. The number of para-hydroxylation sites is 1. The Bertz CT molecular complexity index is 677. The molecule has 0 saturated heterocycles. The zero-order valence-corrected chi connectivity index (χ0v) is 12.5. The van der Waals surface area contributed by atoms with Crippen molar-refractivity contribution < 1.29 is 0 Å². The molecule has 1 aromatic carbocycles. The molecule has 2 aromatic rings. The fourth-order valence-electron chi connectivity index (χ4n) is 2.60. The van der Waals surface area contributed by atoms with Crippen LogP contribution >= 0.6 is 11.6 Å². The number of aryl methyl sites for hydroxylation is 2. The Hall–Kier alpha value is -1.80. The van der Waals surface area contributed by atoms with Gasteiger partial charge in [-0.05, 0) is 36.6 Å². The molecular weight excluding hydrogens is 268 g/mol. The normalized spacial score (nSPS) is 13.4. The highest BCUT2D eigenvalue weighted by molar-refractivity contribution is 6.33. The van der Waals surface area contributed by atoms with Crippen molar-refractivity contribution in [2.45, 2.75) is 20.3 Å². The molecular formula is C17H17ClN2. The molecule has 0 amide bonds. The minimum Gasteiger partial charge on any atom is -0.320 e. The second-order valence-electron chi connectivity index (χ2n) is 4.98. The zero-order valence-electron chi connectivity index (χ0n) is 11.7. The number of halogens is 1. The molecule has 0 unspecified atom stereocenters. The van der Waals surface area contributed by atoms with Crippen LogP contribution in [0.5, 0.6) is 0 Å². The van der Waals surface area contributed by atoms with Gasteiger partial charge in [-0.1, -0.05) is 48.9 Å². The summed E-state index contributed by atoms with van der Waals surface area (Å²) in [7, 11) is 0. The number of hydrogen-bond donors (Lipinski definition) is 0. The number of benzene rings is 1. The molecule has 0 aliphatic carbocycles. The molecule has 0 bridgehead atoms. The Morgan fingerprint density at radius 3 is 2.90 bits per heavy atom. The fraction of sp³-hybridized carbons (Fsp3) is 0.235. The van der Waals surface area contributed by atoms with Crippen LogP contribution in [-0.4, -0.2) is 11.5 Å². The van der Waals surface area contributed by atoms with Gasteiger partial charge >= 0.3 is 0 Å². The van der Waals surface area contributed by atoms with Gasteiger partial charge in [-0.25, -0.2) is 4.98 Å². The van der Waals surface area contributed by atoms with Gasteiger partial charge in [-0.3, -0.25) is 0 Å². The molecule has 0 radical (unpaired) electrons. The van der Waals surface area contributed by atoms with Gasteiger partial charge in [-0.15, -0.1) is 0 Å². The molecule has 1 aliphatic heterocycles.